The molecule has 1 saturated heterocycles. The lowest BCUT2D eigenvalue weighted by molar-refractivity contribution is -0.132. The predicted molar refractivity (Wildman–Crippen MR) is 71.3 cm³/mol. The minimum Gasteiger partial charge on any atom is -0.355 e. The van der Waals surface area contributed by atoms with Crippen molar-refractivity contribution in [1.29, 1.82) is 0 Å². The zero-order chi connectivity index (χ0) is 14.6. The van der Waals surface area contributed by atoms with E-state index in [1.165, 1.54) is 0 Å². The van der Waals surface area contributed by atoms with E-state index < -0.39 is 12.1 Å². The molecule has 19 heavy (non-hydrogen) atoms. The van der Waals surface area contributed by atoms with Gasteiger partial charge in [0.15, 0.2) is 0 Å². The maximum Gasteiger partial charge on any atom is 0.325 e. The van der Waals surface area contributed by atoms with Gasteiger partial charge in [-0.3, -0.25) is 14.5 Å². The summed E-state index contributed by atoms with van der Waals surface area (Å²) in [6.45, 7) is 8.21. The lowest BCUT2D eigenvalue weighted by Gasteiger charge is -2.14. The normalized spacial score (nSPS) is 19.3. The monoisotopic (exact) mass is 269 g/mol. The quantitative estimate of drug-likeness (QED) is 0.698. The van der Waals surface area contributed by atoms with Crippen LogP contribution in [-0.4, -0.2) is 41.9 Å². The molecule has 4 amide bonds. The molecule has 1 unspecified atom stereocenters. The molecule has 0 radical (unpaired) electrons. The minimum atomic E-state index is -0.518. The lowest BCUT2D eigenvalue weighted by Crippen LogP contribution is -2.41. The van der Waals surface area contributed by atoms with Gasteiger partial charge in [-0.15, -0.1) is 0 Å². The second kappa shape index (κ2) is 6.54. The highest BCUT2D eigenvalue weighted by Crippen LogP contribution is 2.13. The second-order valence-electron chi connectivity index (χ2n) is 5.63. The number of urea groups is 1. The Morgan fingerprint density at radius 3 is 2.42 bits per heavy atom. The van der Waals surface area contributed by atoms with Crippen LogP contribution in [0.5, 0.6) is 0 Å². The van der Waals surface area contributed by atoms with Crippen LogP contribution in [0.15, 0.2) is 0 Å². The summed E-state index contributed by atoms with van der Waals surface area (Å²) in [5, 5.41) is 5.30. The van der Waals surface area contributed by atoms with Crippen molar-refractivity contribution in [1.82, 2.24) is 15.5 Å². The van der Waals surface area contributed by atoms with Gasteiger partial charge < -0.3 is 10.6 Å². The molecular formula is C13H23N3O3. The maximum absolute atomic E-state index is 11.9. The average molecular weight is 269 g/mol. The fraction of sp³-hybridized carbons (Fsp3) is 0.769. The van der Waals surface area contributed by atoms with Crippen molar-refractivity contribution >= 4 is 17.8 Å². The Kier molecular flexibility index (Phi) is 5.32. The summed E-state index contributed by atoms with van der Waals surface area (Å²) in [4.78, 5) is 36.2. The molecule has 108 valence electrons. The molecule has 1 heterocycles. The van der Waals surface area contributed by atoms with Crippen LogP contribution >= 0.6 is 0 Å². The summed E-state index contributed by atoms with van der Waals surface area (Å²) in [6, 6.07) is -1.00. The topological polar surface area (TPSA) is 78.5 Å². The van der Waals surface area contributed by atoms with E-state index in [1.54, 1.807) is 0 Å². The van der Waals surface area contributed by atoms with E-state index in [-0.39, 0.29) is 24.3 Å². The molecule has 0 aromatic carbocycles. The molecule has 1 rings (SSSR count). The highest BCUT2D eigenvalue weighted by molar-refractivity contribution is 6.06. The summed E-state index contributed by atoms with van der Waals surface area (Å²) in [7, 11) is 0. The van der Waals surface area contributed by atoms with E-state index in [1.807, 2.05) is 13.8 Å². The van der Waals surface area contributed by atoms with Crippen LogP contribution < -0.4 is 10.6 Å². The van der Waals surface area contributed by atoms with E-state index in [4.69, 9.17) is 0 Å². The number of carbonyl (C=O) groups is 3. The van der Waals surface area contributed by atoms with Gasteiger partial charge in [-0.1, -0.05) is 27.7 Å². The summed E-state index contributed by atoms with van der Waals surface area (Å²) in [5.74, 6) is -0.0969. The van der Waals surface area contributed by atoms with Crippen LogP contribution in [-0.2, 0) is 9.59 Å². The number of hydrogen-bond acceptors (Lipinski definition) is 3. The molecule has 0 aromatic rings. The van der Waals surface area contributed by atoms with E-state index >= 15 is 0 Å². The molecule has 0 bridgehead atoms. The number of hydrogen-bond donors (Lipinski definition) is 2. The third kappa shape index (κ3) is 4.22. The van der Waals surface area contributed by atoms with Crippen LogP contribution in [0.4, 0.5) is 4.79 Å². The molecule has 0 saturated carbocycles. The largest absolute Gasteiger partial charge is 0.355 e. The zero-order valence-corrected chi connectivity index (χ0v) is 12.0. The van der Waals surface area contributed by atoms with Gasteiger partial charge in [0.2, 0.25) is 5.91 Å². The Labute approximate surface area is 113 Å². The van der Waals surface area contributed by atoms with Gasteiger partial charge in [-0.05, 0) is 18.3 Å². The summed E-state index contributed by atoms with van der Waals surface area (Å²) in [6.07, 6.45) is 0.875. The van der Waals surface area contributed by atoms with Crippen LogP contribution in [0.3, 0.4) is 0 Å². The Morgan fingerprint density at radius 1 is 1.32 bits per heavy atom. The van der Waals surface area contributed by atoms with Crippen molar-refractivity contribution in [2.24, 2.45) is 11.8 Å². The van der Waals surface area contributed by atoms with Crippen LogP contribution in [0, 0.1) is 11.8 Å². The molecule has 1 fully saturated rings. The first-order valence-electron chi connectivity index (χ1n) is 6.71. The fourth-order valence-corrected chi connectivity index (χ4v) is 1.84. The fourth-order valence-electron chi connectivity index (χ4n) is 1.84. The van der Waals surface area contributed by atoms with Crippen molar-refractivity contribution in [3.05, 3.63) is 0 Å². The van der Waals surface area contributed by atoms with Crippen molar-refractivity contribution < 1.29 is 14.4 Å². The number of rotatable bonds is 6. The molecule has 6 heteroatoms. The molecule has 1 aliphatic heterocycles. The SMILES string of the molecule is CC(C)CCNC(=O)CN1C(=O)NC(C(C)C)C1=O. The third-order valence-corrected chi connectivity index (χ3v) is 3.07. The van der Waals surface area contributed by atoms with Gasteiger partial charge in [-0.25, -0.2) is 4.79 Å². The van der Waals surface area contributed by atoms with Crippen molar-refractivity contribution in [2.75, 3.05) is 13.1 Å². The molecule has 0 aliphatic carbocycles. The van der Waals surface area contributed by atoms with Gasteiger partial charge in [0.25, 0.3) is 5.91 Å². The molecule has 0 aromatic heterocycles. The van der Waals surface area contributed by atoms with Gasteiger partial charge in [0, 0.05) is 6.54 Å². The number of amides is 4. The molecule has 6 nitrogen and oxygen atoms in total. The third-order valence-electron chi connectivity index (χ3n) is 3.07. The van der Waals surface area contributed by atoms with Crippen molar-refractivity contribution in [3.8, 4) is 0 Å². The van der Waals surface area contributed by atoms with Gasteiger partial charge in [0.05, 0.1) is 0 Å². The highest BCUT2D eigenvalue weighted by atomic mass is 16.2. The predicted octanol–water partition coefficient (Wildman–Crippen LogP) is 0.725. The van der Waals surface area contributed by atoms with Crippen molar-refractivity contribution in [3.63, 3.8) is 0 Å². The van der Waals surface area contributed by atoms with E-state index in [2.05, 4.69) is 24.5 Å². The zero-order valence-electron chi connectivity index (χ0n) is 12.0. The number of nitrogens with one attached hydrogen (secondary N) is 2. The van der Waals surface area contributed by atoms with E-state index in [0.29, 0.717) is 12.5 Å². The van der Waals surface area contributed by atoms with Crippen LogP contribution in [0.25, 0.3) is 0 Å². The molecular weight excluding hydrogens is 246 g/mol. The maximum atomic E-state index is 11.9. The van der Waals surface area contributed by atoms with Gasteiger partial charge >= 0.3 is 6.03 Å². The first-order valence-corrected chi connectivity index (χ1v) is 6.71. The molecule has 1 aliphatic rings. The molecule has 0 spiro atoms. The minimum absolute atomic E-state index is 0.0189. The summed E-state index contributed by atoms with van der Waals surface area (Å²) >= 11 is 0. The molecule has 1 atom stereocenters. The van der Waals surface area contributed by atoms with E-state index in [9.17, 15) is 14.4 Å². The molecule has 2 N–H and O–H groups in total. The Bertz CT molecular complexity index is 366. The Balaban J connectivity index is 2.46. The van der Waals surface area contributed by atoms with Crippen molar-refractivity contribution in [2.45, 2.75) is 40.2 Å². The summed E-state index contributed by atoms with van der Waals surface area (Å²) < 4.78 is 0. The Hall–Kier alpha value is -1.59. The highest BCUT2D eigenvalue weighted by Gasteiger charge is 2.40. The lowest BCUT2D eigenvalue weighted by atomic mass is 10.1. The number of carbonyl (C=O) groups excluding carboxylic acids is 3. The second-order valence-corrected chi connectivity index (χ2v) is 5.63. The number of nitrogens with zero attached hydrogens (tertiary/aromatic N) is 1. The summed E-state index contributed by atoms with van der Waals surface area (Å²) in [5.41, 5.74) is 0. The van der Waals surface area contributed by atoms with Gasteiger partial charge in [0.1, 0.15) is 12.6 Å². The first kappa shape index (κ1) is 15.5. The first-order chi connectivity index (χ1) is 8.82. The van der Waals surface area contributed by atoms with Crippen LogP contribution in [0.1, 0.15) is 34.1 Å². The standard InChI is InChI=1S/C13H23N3O3/c1-8(2)5-6-14-10(17)7-16-12(18)11(9(3)4)15-13(16)19/h8-9,11H,5-7H2,1-4H3,(H,14,17)(H,15,19). The smallest absolute Gasteiger partial charge is 0.325 e. The average Bonchev–Trinajstić information content (AvgIpc) is 2.56. The number of imide groups is 1. The van der Waals surface area contributed by atoms with E-state index in [0.717, 1.165) is 11.3 Å². The van der Waals surface area contributed by atoms with Crippen LogP contribution in [0.2, 0.25) is 0 Å². The van der Waals surface area contributed by atoms with Gasteiger partial charge in [-0.2, -0.15) is 0 Å². The Morgan fingerprint density at radius 2 is 1.95 bits per heavy atom.